The fourth-order valence-electron chi connectivity index (χ4n) is 2.59. The van der Waals surface area contributed by atoms with Gasteiger partial charge >= 0.3 is 5.97 Å². The molecule has 0 spiro atoms. The van der Waals surface area contributed by atoms with E-state index >= 15 is 0 Å². The molecule has 0 unspecified atom stereocenters. The van der Waals surface area contributed by atoms with Crippen LogP contribution in [0.15, 0.2) is 42.5 Å². The third kappa shape index (κ3) is 3.69. The number of nitrogens with zero attached hydrogens (tertiary/aromatic N) is 1. The predicted molar refractivity (Wildman–Crippen MR) is 91.4 cm³/mol. The molecule has 2 aromatic carbocycles. The zero-order chi connectivity index (χ0) is 19.6. The van der Waals surface area contributed by atoms with Crippen molar-refractivity contribution in [2.24, 2.45) is 0 Å². The number of hydrogen-bond donors (Lipinski definition) is 1. The summed E-state index contributed by atoms with van der Waals surface area (Å²) in [7, 11) is 1.35. The van der Waals surface area contributed by atoms with Crippen LogP contribution in [0.5, 0.6) is 0 Å². The summed E-state index contributed by atoms with van der Waals surface area (Å²) < 4.78 is 18.4. The lowest BCUT2D eigenvalue weighted by atomic mass is 10.1. The molecule has 7 nitrogen and oxygen atoms in total. The molecule has 1 aliphatic rings. The summed E-state index contributed by atoms with van der Waals surface area (Å²) >= 11 is 0. The highest BCUT2D eigenvalue weighted by Gasteiger charge is 2.33. The smallest absolute Gasteiger partial charge is 0.338 e. The van der Waals surface area contributed by atoms with Crippen molar-refractivity contribution < 1.29 is 28.3 Å². The van der Waals surface area contributed by atoms with Gasteiger partial charge in [0.2, 0.25) is 0 Å². The molecule has 0 saturated carbocycles. The molecule has 0 aromatic heterocycles. The molecule has 1 heterocycles. The van der Waals surface area contributed by atoms with Gasteiger partial charge in [0, 0.05) is 19.2 Å². The molecule has 0 saturated heterocycles. The normalized spacial score (nSPS) is 12.7. The number of nitrogens with one attached hydrogen (secondary N) is 1. The van der Waals surface area contributed by atoms with Gasteiger partial charge in [-0.2, -0.15) is 0 Å². The van der Waals surface area contributed by atoms with Crippen LogP contribution in [0.25, 0.3) is 0 Å². The number of fused-ring (bicyclic) bond motifs is 1. The topological polar surface area (TPSA) is 92.8 Å². The van der Waals surface area contributed by atoms with Gasteiger partial charge < -0.3 is 10.1 Å². The Kier molecular flexibility index (Phi) is 4.98. The van der Waals surface area contributed by atoms with E-state index in [0.717, 1.165) is 4.90 Å². The molecule has 0 radical (unpaired) electrons. The number of ether oxygens (including phenoxy) is 1. The zero-order valence-corrected chi connectivity index (χ0v) is 14.3. The van der Waals surface area contributed by atoms with Crippen molar-refractivity contribution in [3.63, 3.8) is 0 Å². The molecular weight excluding hydrogens is 355 g/mol. The van der Waals surface area contributed by atoms with Gasteiger partial charge in [-0.25, -0.2) is 9.18 Å². The van der Waals surface area contributed by atoms with E-state index in [1.54, 1.807) is 6.07 Å². The summed E-state index contributed by atoms with van der Waals surface area (Å²) in [4.78, 5) is 48.6. The minimum Gasteiger partial charge on any atom is -0.452 e. The number of amides is 3. The standard InChI is InChI=1S/C19H15FN2O5/c1-22-17(24)13-7-6-11(8-14(13)18(22)25)19(26)27-10-16(23)21-9-12-4-2-3-5-15(12)20/h2-8H,9-10H2,1H3,(H,21,23). The Balaban J connectivity index is 1.57. The minimum absolute atomic E-state index is 0.0369. The van der Waals surface area contributed by atoms with Crippen molar-refractivity contribution >= 4 is 23.7 Å². The molecule has 3 rings (SSSR count). The molecule has 0 atom stereocenters. The Hall–Kier alpha value is -3.55. The molecular formula is C19H15FN2O5. The van der Waals surface area contributed by atoms with Gasteiger partial charge in [0.15, 0.2) is 6.61 Å². The minimum atomic E-state index is -0.811. The SMILES string of the molecule is CN1C(=O)c2ccc(C(=O)OCC(=O)NCc3ccccc3F)cc2C1=O. The molecule has 27 heavy (non-hydrogen) atoms. The molecule has 0 fully saturated rings. The summed E-state index contributed by atoms with van der Waals surface area (Å²) in [5.41, 5.74) is 0.679. The average Bonchev–Trinajstić information content (AvgIpc) is 2.89. The third-order valence-electron chi connectivity index (χ3n) is 4.09. The Morgan fingerprint density at radius 2 is 1.78 bits per heavy atom. The maximum atomic E-state index is 13.5. The maximum absolute atomic E-state index is 13.5. The second kappa shape index (κ2) is 7.36. The monoisotopic (exact) mass is 370 g/mol. The van der Waals surface area contributed by atoms with Crippen LogP contribution in [0.4, 0.5) is 4.39 Å². The highest BCUT2D eigenvalue weighted by atomic mass is 19.1. The number of esters is 1. The fraction of sp³-hybridized carbons (Fsp3) is 0.158. The molecule has 8 heteroatoms. The summed E-state index contributed by atoms with van der Waals surface area (Å²) in [6.45, 7) is -0.595. The van der Waals surface area contributed by atoms with E-state index in [0.29, 0.717) is 5.56 Å². The highest BCUT2D eigenvalue weighted by Crippen LogP contribution is 2.23. The molecule has 138 valence electrons. The van der Waals surface area contributed by atoms with Crippen molar-refractivity contribution in [2.45, 2.75) is 6.54 Å². The first-order valence-electron chi connectivity index (χ1n) is 8.02. The van der Waals surface area contributed by atoms with Gasteiger partial charge in [-0.05, 0) is 24.3 Å². The average molecular weight is 370 g/mol. The maximum Gasteiger partial charge on any atom is 0.338 e. The molecule has 3 amide bonds. The predicted octanol–water partition coefficient (Wildman–Crippen LogP) is 1.52. The zero-order valence-electron chi connectivity index (χ0n) is 14.3. The van der Waals surface area contributed by atoms with E-state index in [1.165, 1.54) is 43.4 Å². The molecule has 2 aromatic rings. The van der Waals surface area contributed by atoms with E-state index in [9.17, 15) is 23.6 Å². The van der Waals surface area contributed by atoms with Crippen LogP contribution in [0.1, 0.15) is 36.6 Å². The first-order chi connectivity index (χ1) is 12.9. The first kappa shape index (κ1) is 18.2. The summed E-state index contributed by atoms with van der Waals surface area (Å²) in [5, 5.41) is 2.45. The van der Waals surface area contributed by atoms with Gasteiger partial charge in [-0.1, -0.05) is 18.2 Å². The van der Waals surface area contributed by atoms with Crippen LogP contribution >= 0.6 is 0 Å². The van der Waals surface area contributed by atoms with Crippen LogP contribution < -0.4 is 5.32 Å². The lowest BCUT2D eigenvalue weighted by Crippen LogP contribution is -2.28. The van der Waals surface area contributed by atoms with Crippen LogP contribution in [-0.2, 0) is 16.1 Å². The van der Waals surface area contributed by atoms with Crippen LogP contribution in [0.3, 0.4) is 0 Å². The van der Waals surface area contributed by atoms with Crippen LogP contribution in [0, 0.1) is 5.82 Å². The van der Waals surface area contributed by atoms with E-state index in [-0.39, 0.29) is 23.2 Å². The van der Waals surface area contributed by atoms with Gasteiger partial charge in [-0.15, -0.1) is 0 Å². The van der Waals surface area contributed by atoms with Gasteiger partial charge in [0.05, 0.1) is 16.7 Å². The highest BCUT2D eigenvalue weighted by molar-refractivity contribution is 6.21. The molecule has 0 aliphatic carbocycles. The number of hydrogen-bond acceptors (Lipinski definition) is 5. The van der Waals surface area contributed by atoms with Gasteiger partial charge in [0.1, 0.15) is 5.82 Å². The number of imide groups is 1. The number of carbonyl (C=O) groups excluding carboxylic acids is 4. The molecule has 0 bridgehead atoms. The van der Waals surface area contributed by atoms with E-state index in [1.807, 2.05) is 0 Å². The van der Waals surface area contributed by atoms with Crippen molar-refractivity contribution in [1.29, 1.82) is 0 Å². The number of carbonyl (C=O) groups is 4. The van der Waals surface area contributed by atoms with E-state index in [2.05, 4.69) is 5.32 Å². The molecule has 1 N–H and O–H groups in total. The Morgan fingerprint density at radius 1 is 1.07 bits per heavy atom. The van der Waals surface area contributed by atoms with Crippen molar-refractivity contribution in [3.8, 4) is 0 Å². The second-order valence-electron chi connectivity index (χ2n) is 5.87. The van der Waals surface area contributed by atoms with Crippen molar-refractivity contribution in [2.75, 3.05) is 13.7 Å². The number of halogens is 1. The Labute approximate surface area is 153 Å². The van der Waals surface area contributed by atoms with Crippen LogP contribution in [-0.4, -0.2) is 42.2 Å². The van der Waals surface area contributed by atoms with Crippen LogP contribution in [0.2, 0.25) is 0 Å². The van der Waals surface area contributed by atoms with Crippen molar-refractivity contribution in [1.82, 2.24) is 10.2 Å². The lowest BCUT2D eigenvalue weighted by molar-refractivity contribution is -0.124. The summed E-state index contributed by atoms with van der Waals surface area (Å²) in [6.07, 6.45) is 0. The van der Waals surface area contributed by atoms with E-state index in [4.69, 9.17) is 4.74 Å². The fourth-order valence-corrected chi connectivity index (χ4v) is 2.59. The molecule has 1 aliphatic heterocycles. The number of rotatable bonds is 5. The van der Waals surface area contributed by atoms with E-state index < -0.39 is 36.1 Å². The summed E-state index contributed by atoms with van der Waals surface area (Å²) in [5.74, 6) is -2.81. The quantitative estimate of drug-likeness (QED) is 0.636. The Morgan fingerprint density at radius 3 is 2.52 bits per heavy atom. The second-order valence-corrected chi connectivity index (χ2v) is 5.87. The third-order valence-corrected chi connectivity index (χ3v) is 4.09. The van der Waals surface area contributed by atoms with Crippen molar-refractivity contribution in [3.05, 3.63) is 70.5 Å². The lowest BCUT2D eigenvalue weighted by Gasteiger charge is -2.08. The number of benzene rings is 2. The van der Waals surface area contributed by atoms with Gasteiger partial charge in [-0.3, -0.25) is 19.3 Å². The Bertz CT molecular complexity index is 957. The first-order valence-corrected chi connectivity index (χ1v) is 8.02. The largest absolute Gasteiger partial charge is 0.452 e. The summed E-state index contributed by atoms with van der Waals surface area (Å²) in [6, 6.07) is 9.96. The van der Waals surface area contributed by atoms with Gasteiger partial charge in [0.25, 0.3) is 17.7 Å².